The van der Waals surface area contributed by atoms with Crippen molar-refractivity contribution in [3.63, 3.8) is 0 Å². The first-order chi connectivity index (χ1) is 13.1. The molecule has 1 aromatic heterocycles. The Labute approximate surface area is 158 Å². The van der Waals surface area contributed by atoms with Crippen LogP contribution in [0.2, 0.25) is 0 Å². The standard InChI is InChI=1S/C22H20N4O/c1-25-13-5-6-18(15-25)20-14-21(16-9-11-17(12-10-16)22(23)27)26(24-20)19-7-3-2-4-8-19/h2-14H,15H2,1H3,(H2,23,27). The Hall–Kier alpha value is -3.60. The third kappa shape index (κ3) is 3.40. The van der Waals surface area contributed by atoms with Gasteiger partial charge >= 0.3 is 0 Å². The maximum atomic E-state index is 11.4. The van der Waals surface area contributed by atoms with E-state index in [1.54, 1.807) is 12.1 Å². The quantitative estimate of drug-likeness (QED) is 0.778. The highest BCUT2D eigenvalue weighted by Gasteiger charge is 2.16. The van der Waals surface area contributed by atoms with Crippen molar-refractivity contribution in [2.75, 3.05) is 13.6 Å². The van der Waals surface area contributed by atoms with Gasteiger partial charge in [-0.3, -0.25) is 4.79 Å². The number of benzene rings is 2. The van der Waals surface area contributed by atoms with Crippen molar-refractivity contribution in [1.82, 2.24) is 14.7 Å². The van der Waals surface area contributed by atoms with Crippen molar-refractivity contribution in [3.8, 4) is 16.9 Å². The van der Waals surface area contributed by atoms with Gasteiger partial charge in [0.2, 0.25) is 5.91 Å². The first-order valence-electron chi connectivity index (χ1n) is 8.75. The molecular formula is C22H20N4O. The Balaban J connectivity index is 1.83. The molecule has 0 saturated carbocycles. The number of hydrogen-bond donors (Lipinski definition) is 1. The summed E-state index contributed by atoms with van der Waals surface area (Å²) in [4.78, 5) is 13.5. The molecule has 2 heterocycles. The molecule has 0 saturated heterocycles. The zero-order valence-electron chi connectivity index (χ0n) is 15.0. The van der Waals surface area contributed by atoms with Crippen molar-refractivity contribution in [1.29, 1.82) is 0 Å². The van der Waals surface area contributed by atoms with Gasteiger partial charge in [0.05, 0.1) is 17.1 Å². The van der Waals surface area contributed by atoms with Crippen LogP contribution >= 0.6 is 0 Å². The highest BCUT2D eigenvalue weighted by Crippen LogP contribution is 2.28. The van der Waals surface area contributed by atoms with Crippen LogP contribution in [-0.2, 0) is 0 Å². The summed E-state index contributed by atoms with van der Waals surface area (Å²) in [6.45, 7) is 0.808. The maximum Gasteiger partial charge on any atom is 0.248 e. The normalized spacial score (nSPS) is 13.5. The van der Waals surface area contributed by atoms with Crippen LogP contribution in [0.1, 0.15) is 16.1 Å². The van der Waals surface area contributed by atoms with Crippen LogP contribution in [0.25, 0.3) is 22.5 Å². The van der Waals surface area contributed by atoms with E-state index in [1.807, 2.05) is 66.5 Å². The molecule has 0 spiro atoms. The smallest absolute Gasteiger partial charge is 0.248 e. The molecule has 0 fully saturated rings. The molecule has 0 atom stereocenters. The van der Waals surface area contributed by atoms with E-state index in [0.29, 0.717) is 5.56 Å². The number of para-hydroxylation sites is 1. The van der Waals surface area contributed by atoms with Gasteiger partial charge in [0.15, 0.2) is 0 Å². The summed E-state index contributed by atoms with van der Waals surface area (Å²) in [5, 5.41) is 4.87. The van der Waals surface area contributed by atoms with E-state index >= 15 is 0 Å². The second-order valence-corrected chi connectivity index (χ2v) is 6.55. The number of rotatable bonds is 4. The first kappa shape index (κ1) is 16.8. The molecular weight excluding hydrogens is 336 g/mol. The molecule has 0 unspecified atom stereocenters. The summed E-state index contributed by atoms with van der Waals surface area (Å²) in [6.07, 6.45) is 6.17. The Morgan fingerprint density at radius 2 is 1.81 bits per heavy atom. The molecule has 1 aliphatic rings. The number of allylic oxidation sites excluding steroid dienone is 2. The number of nitrogens with zero attached hydrogens (tertiary/aromatic N) is 3. The average Bonchev–Trinajstić information content (AvgIpc) is 3.14. The van der Waals surface area contributed by atoms with Gasteiger partial charge < -0.3 is 10.6 Å². The van der Waals surface area contributed by atoms with Gasteiger partial charge in [0.1, 0.15) is 0 Å². The molecule has 2 aromatic carbocycles. The summed E-state index contributed by atoms with van der Waals surface area (Å²) in [6, 6.07) is 19.4. The van der Waals surface area contributed by atoms with E-state index in [0.717, 1.165) is 34.8 Å². The van der Waals surface area contributed by atoms with E-state index in [-0.39, 0.29) is 0 Å². The van der Waals surface area contributed by atoms with E-state index < -0.39 is 5.91 Å². The van der Waals surface area contributed by atoms with Crippen LogP contribution < -0.4 is 5.73 Å². The number of carbonyl (C=O) groups is 1. The number of likely N-dealkylation sites (N-methyl/N-ethyl adjacent to an activating group) is 1. The van der Waals surface area contributed by atoms with Gasteiger partial charge in [-0.25, -0.2) is 4.68 Å². The van der Waals surface area contributed by atoms with Crippen molar-refractivity contribution in [3.05, 3.63) is 90.3 Å². The fourth-order valence-electron chi connectivity index (χ4n) is 3.16. The SMILES string of the molecule is CN1C=CC=C(c2cc(-c3ccc(C(N)=O)cc3)n(-c3ccccc3)n2)C1. The topological polar surface area (TPSA) is 64.2 Å². The molecule has 1 amide bonds. The predicted molar refractivity (Wildman–Crippen MR) is 107 cm³/mol. The largest absolute Gasteiger partial charge is 0.376 e. The third-order valence-corrected chi connectivity index (χ3v) is 4.56. The summed E-state index contributed by atoms with van der Waals surface area (Å²) in [5.41, 5.74) is 10.9. The summed E-state index contributed by atoms with van der Waals surface area (Å²) in [5.74, 6) is -0.430. The molecule has 0 aliphatic carbocycles. The molecule has 0 bridgehead atoms. The van der Waals surface area contributed by atoms with Crippen LogP contribution in [0.5, 0.6) is 0 Å². The molecule has 0 radical (unpaired) electrons. The lowest BCUT2D eigenvalue weighted by molar-refractivity contribution is 0.100. The monoisotopic (exact) mass is 356 g/mol. The molecule has 1 aliphatic heterocycles. The number of carbonyl (C=O) groups excluding carboxylic acids is 1. The molecule has 5 heteroatoms. The number of amides is 1. The van der Waals surface area contributed by atoms with Gasteiger partial charge in [-0.1, -0.05) is 36.4 Å². The maximum absolute atomic E-state index is 11.4. The Kier molecular flexibility index (Phi) is 4.34. The van der Waals surface area contributed by atoms with Crippen molar-refractivity contribution in [2.24, 2.45) is 5.73 Å². The van der Waals surface area contributed by atoms with E-state index in [1.165, 1.54) is 0 Å². The number of primary amides is 1. The van der Waals surface area contributed by atoms with Gasteiger partial charge in [0.25, 0.3) is 0 Å². The predicted octanol–water partition coefficient (Wildman–Crippen LogP) is 3.48. The van der Waals surface area contributed by atoms with Crippen molar-refractivity contribution >= 4 is 11.5 Å². The fourth-order valence-corrected chi connectivity index (χ4v) is 3.16. The highest BCUT2D eigenvalue weighted by atomic mass is 16.1. The summed E-state index contributed by atoms with van der Waals surface area (Å²) < 4.78 is 1.94. The molecule has 4 rings (SSSR count). The number of hydrogen-bond acceptors (Lipinski definition) is 3. The van der Waals surface area contributed by atoms with Crippen LogP contribution in [0, 0.1) is 0 Å². The van der Waals surface area contributed by atoms with E-state index in [4.69, 9.17) is 10.8 Å². The minimum Gasteiger partial charge on any atom is -0.376 e. The lowest BCUT2D eigenvalue weighted by Crippen LogP contribution is -2.16. The fraction of sp³-hybridized carbons (Fsp3) is 0.0909. The first-order valence-corrected chi connectivity index (χ1v) is 8.75. The van der Waals surface area contributed by atoms with Gasteiger partial charge in [-0.05, 0) is 48.2 Å². The Morgan fingerprint density at radius 3 is 2.48 bits per heavy atom. The van der Waals surface area contributed by atoms with Crippen LogP contribution in [0.4, 0.5) is 0 Å². The minimum atomic E-state index is -0.430. The number of aromatic nitrogens is 2. The zero-order valence-corrected chi connectivity index (χ0v) is 15.0. The second-order valence-electron chi connectivity index (χ2n) is 6.55. The van der Waals surface area contributed by atoms with E-state index in [2.05, 4.69) is 17.0 Å². The van der Waals surface area contributed by atoms with Gasteiger partial charge in [-0.15, -0.1) is 0 Å². The van der Waals surface area contributed by atoms with Crippen LogP contribution in [0.15, 0.2) is 79.0 Å². The van der Waals surface area contributed by atoms with Gasteiger partial charge in [-0.2, -0.15) is 5.10 Å². The van der Waals surface area contributed by atoms with Crippen molar-refractivity contribution in [2.45, 2.75) is 0 Å². The minimum absolute atomic E-state index is 0.430. The molecule has 27 heavy (non-hydrogen) atoms. The summed E-state index contributed by atoms with van der Waals surface area (Å²) >= 11 is 0. The highest BCUT2D eigenvalue weighted by molar-refractivity contribution is 5.93. The van der Waals surface area contributed by atoms with Crippen molar-refractivity contribution < 1.29 is 4.79 Å². The van der Waals surface area contributed by atoms with Crippen LogP contribution in [0.3, 0.4) is 0 Å². The molecule has 134 valence electrons. The van der Waals surface area contributed by atoms with Crippen LogP contribution in [-0.4, -0.2) is 34.2 Å². The molecule has 5 nitrogen and oxygen atoms in total. The lowest BCUT2D eigenvalue weighted by atomic mass is 10.1. The van der Waals surface area contributed by atoms with Gasteiger partial charge in [0, 0.05) is 24.7 Å². The molecule has 3 aromatic rings. The average molecular weight is 356 g/mol. The lowest BCUT2D eigenvalue weighted by Gasteiger charge is -2.18. The summed E-state index contributed by atoms with van der Waals surface area (Å²) in [7, 11) is 2.04. The second kappa shape index (κ2) is 6.96. The number of nitrogens with two attached hydrogens (primary N) is 1. The third-order valence-electron chi connectivity index (χ3n) is 4.56. The molecule has 2 N–H and O–H groups in total. The Morgan fingerprint density at radius 1 is 1.07 bits per heavy atom. The Bertz CT molecular complexity index is 1030. The zero-order chi connectivity index (χ0) is 18.8. The van der Waals surface area contributed by atoms with E-state index in [9.17, 15) is 4.79 Å².